The molecule has 1 aliphatic heterocycles. The van der Waals surface area contributed by atoms with Crippen LogP contribution >= 0.6 is 11.6 Å². The summed E-state index contributed by atoms with van der Waals surface area (Å²) < 4.78 is 7.41. The van der Waals surface area contributed by atoms with Gasteiger partial charge in [-0.05, 0) is 43.4 Å². The zero-order chi connectivity index (χ0) is 28.9. The first-order valence-corrected chi connectivity index (χ1v) is 14.4. The largest absolute Gasteiger partial charge is 0.445 e. The van der Waals surface area contributed by atoms with Crippen LogP contribution in [0, 0.1) is 16.7 Å². The van der Waals surface area contributed by atoms with Crippen molar-refractivity contribution < 1.29 is 9.53 Å². The van der Waals surface area contributed by atoms with Gasteiger partial charge in [-0.2, -0.15) is 10.4 Å². The molecule has 1 amide bonds. The van der Waals surface area contributed by atoms with Crippen LogP contribution in [0.3, 0.4) is 0 Å². The van der Waals surface area contributed by atoms with Gasteiger partial charge in [0.25, 0.3) is 0 Å². The predicted molar refractivity (Wildman–Crippen MR) is 160 cm³/mol. The number of nitriles is 1. The predicted octanol–water partition coefficient (Wildman–Crippen LogP) is 6.43. The number of nitrogens with one attached hydrogen (secondary N) is 2. The summed E-state index contributed by atoms with van der Waals surface area (Å²) in [6.07, 6.45) is 8.44. The second-order valence-electron chi connectivity index (χ2n) is 10.8. The number of hydrogen-bond acceptors (Lipinski definition) is 8. The summed E-state index contributed by atoms with van der Waals surface area (Å²) >= 11 is 6.45. The number of rotatable bonds is 9. The molecule has 214 valence electrons. The van der Waals surface area contributed by atoms with Gasteiger partial charge in [-0.25, -0.2) is 14.8 Å². The van der Waals surface area contributed by atoms with E-state index in [0.29, 0.717) is 36.3 Å². The van der Waals surface area contributed by atoms with Crippen LogP contribution in [0.25, 0.3) is 11.3 Å². The lowest BCUT2D eigenvalue weighted by Crippen LogP contribution is -2.39. The second-order valence-corrected chi connectivity index (χ2v) is 11.2. The number of nitrogens with zero attached hydrogens (tertiary/aromatic N) is 6. The van der Waals surface area contributed by atoms with E-state index >= 15 is 0 Å². The van der Waals surface area contributed by atoms with E-state index < -0.39 is 0 Å². The van der Waals surface area contributed by atoms with Crippen LogP contribution in [0.2, 0.25) is 5.02 Å². The van der Waals surface area contributed by atoms with Gasteiger partial charge < -0.3 is 20.3 Å². The minimum atomic E-state index is -0.285. The first-order valence-electron chi connectivity index (χ1n) is 14.1. The molecule has 1 saturated heterocycles. The Kier molecular flexibility index (Phi) is 7.93. The Bertz CT molecular complexity index is 1570. The molecule has 2 fully saturated rings. The number of carbonyl (C=O) groups is 1. The monoisotopic (exact) mass is 582 g/mol. The highest BCUT2D eigenvalue weighted by atomic mass is 35.5. The number of aromatic nitrogens is 4. The summed E-state index contributed by atoms with van der Waals surface area (Å²) in [7, 11) is 0. The number of likely N-dealkylation sites (tertiary alicyclic amines) is 1. The maximum atomic E-state index is 12.5. The number of ether oxygens (including phenoxy) is 1. The number of piperidine rings is 1. The van der Waals surface area contributed by atoms with Crippen molar-refractivity contribution in [3.8, 4) is 17.3 Å². The highest BCUT2D eigenvalue weighted by Crippen LogP contribution is 2.44. The van der Waals surface area contributed by atoms with Gasteiger partial charge in [0, 0.05) is 37.1 Å². The Balaban J connectivity index is 1.03. The molecule has 2 aliphatic rings. The summed E-state index contributed by atoms with van der Waals surface area (Å²) in [5.74, 6) is 0.414. The van der Waals surface area contributed by atoms with Crippen LogP contribution in [0.5, 0.6) is 0 Å². The van der Waals surface area contributed by atoms with E-state index in [1.165, 1.54) is 0 Å². The molecule has 6 rings (SSSR count). The fourth-order valence-corrected chi connectivity index (χ4v) is 5.18. The maximum absolute atomic E-state index is 12.5. The summed E-state index contributed by atoms with van der Waals surface area (Å²) in [4.78, 5) is 23.3. The van der Waals surface area contributed by atoms with E-state index in [1.807, 2.05) is 65.5 Å². The van der Waals surface area contributed by atoms with Crippen molar-refractivity contribution in [3.63, 3.8) is 0 Å². The lowest BCUT2D eigenvalue weighted by atomic mass is 10.1. The summed E-state index contributed by atoms with van der Waals surface area (Å²) in [5.41, 5.74) is 3.96. The van der Waals surface area contributed by atoms with E-state index in [0.717, 1.165) is 48.2 Å². The van der Waals surface area contributed by atoms with E-state index in [2.05, 4.69) is 31.8 Å². The van der Waals surface area contributed by atoms with Crippen molar-refractivity contribution in [1.29, 1.82) is 5.26 Å². The summed E-state index contributed by atoms with van der Waals surface area (Å²) in [6.45, 7) is 2.14. The first-order chi connectivity index (χ1) is 20.5. The quantitative estimate of drug-likeness (QED) is 0.232. The van der Waals surface area contributed by atoms with Crippen molar-refractivity contribution in [2.45, 2.75) is 38.3 Å². The lowest BCUT2D eigenvalue weighted by Gasteiger charge is -2.31. The first kappa shape index (κ1) is 27.5. The third-order valence-electron chi connectivity index (χ3n) is 7.78. The average molecular weight is 583 g/mol. The third kappa shape index (κ3) is 6.47. The molecule has 1 aliphatic carbocycles. The lowest BCUT2D eigenvalue weighted by molar-refractivity contribution is 0.0821. The van der Waals surface area contributed by atoms with Crippen LogP contribution in [-0.2, 0) is 11.3 Å². The van der Waals surface area contributed by atoms with E-state index in [-0.39, 0.29) is 24.2 Å². The Morgan fingerprint density at radius 1 is 1.07 bits per heavy atom. The molecule has 2 aromatic carbocycles. The van der Waals surface area contributed by atoms with Gasteiger partial charge in [0.05, 0.1) is 46.3 Å². The Morgan fingerprint density at radius 2 is 1.83 bits per heavy atom. The van der Waals surface area contributed by atoms with Gasteiger partial charge in [0.15, 0.2) is 0 Å². The zero-order valence-electron chi connectivity index (χ0n) is 23.0. The summed E-state index contributed by atoms with van der Waals surface area (Å²) in [5, 5.41) is 20.9. The summed E-state index contributed by atoms with van der Waals surface area (Å²) in [6, 6.07) is 20.1. The highest BCUT2D eigenvalue weighted by Gasteiger charge is 2.42. The number of anilines is 3. The molecule has 4 aromatic rings. The van der Waals surface area contributed by atoms with Gasteiger partial charge in [-0.3, -0.25) is 4.68 Å². The number of carbonyl (C=O) groups excluding carboxylic acids is 1. The fourth-order valence-electron chi connectivity index (χ4n) is 4.98. The molecule has 1 saturated carbocycles. The van der Waals surface area contributed by atoms with Gasteiger partial charge in [-0.1, -0.05) is 54.1 Å². The highest BCUT2D eigenvalue weighted by molar-refractivity contribution is 6.32. The van der Waals surface area contributed by atoms with Crippen molar-refractivity contribution in [3.05, 3.63) is 83.8 Å². The van der Waals surface area contributed by atoms with Crippen molar-refractivity contribution >= 4 is 35.0 Å². The van der Waals surface area contributed by atoms with Crippen molar-refractivity contribution in [1.82, 2.24) is 24.6 Å². The molecule has 0 bridgehead atoms. The van der Waals surface area contributed by atoms with Gasteiger partial charge >= 0.3 is 6.09 Å². The normalized spacial score (nSPS) is 16.0. The molecule has 0 spiro atoms. The van der Waals surface area contributed by atoms with Crippen molar-refractivity contribution in [2.75, 3.05) is 30.3 Å². The van der Waals surface area contributed by atoms with Crippen LogP contribution in [0.15, 0.2) is 73.2 Å². The van der Waals surface area contributed by atoms with Crippen molar-refractivity contribution in [2.24, 2.45) is 5.41 Å². The van der Waals surface area contributed by atoms with E-state index in [9.17, 15) is 10.1 Å². The molecule has 0 atom stereocenters. The van der Waals surface area contributed by atoms with Crippen LogP contribution in [0.4, 0.5) is 22.1 Å². The average Bonchev–Trinajstić information content (AvgIpc) is 3.68. The molecule has 42 heavy (non-hydrogen) atoms. The number of benzene rings is 2. The van der Waals surface area contributed by atoms with Gasteiger partial charge in [0.2, 0.25) is 5.95 Å². The molecule has 0 radical (unpaired) electrons. The third-order valence-corrected chi connectivity index (χ3v) is 8.06. The van der Waals surface area contributed by atoms with Crippen LogP contribution in [-0.4, -0.2) is 50.4 Å². The smallest absolute Gasteiger partial charge is 0.410 e. The Labute approximate surface area is 249 Å². The molecule has 2 aromatic heterocycles. The minimum Gasteiger partial charge on any atom is -0.445 e. The molecule has 2 N–H and O–H groups in total. The van der Waals surface area contributed by atoms with Crippen LogP contribution < -0.4 is 10.6 Å². The molecule has 11 heteroatoms. The topological polar surface area (TPSA) is 121 Å². The number of hydrogen-bond donors (Lipinski definition) is 2. The number of amides is 1. The Hall–Kier alpha value is -4.62. The second kappa shape index (κ2) is 12.1. The Morgan fingerprint density at radius 3 is 2.55 bits per heavy atom. The van der Waals surface area contributed by atoms with Gasteiger partial charge in [0.1, 0.15) is 6.61 Å². The molecule has 0 unspecified atom stereocenters. The van der Waals surface area contributed by atoms with E-state index in [1.54, 1.807) is 17.3 Å². The zero-order valence-corrected chi connectivity index (χ0v) is 23.8. The molecule has 10 nitrogen and oxygen atoms in total. The standard InChI is InChI=1S/C31H31ClN8O2/c32-27-17-34-29(38-28(27)23-6-8-24(9-7-23)35-21-31(20-33)12-13-31)37-25-16-36-40(18-25)26-10-14-39(15-11-26)30(41)42-19-22-4-2-1-3-5-22/h1-9,16-18,26,35H,10-15,19,21H2,(H,34,37,38). The maximum Gasteiger partial charge on any atom is 0.410 e. The van der Waals surface area contributed by atoms with Crippen LogP contribution in [0.1, 0.15) is 37.3 Å². The van der Waals surface area contributed by atoms with Gasteiger partial charge in [-0.15, -0.1) is 0 Å². The molecular formula is C31H31ClN8O2. The SMILES string of the molecule is N#CC1(CNc2ccc(-c3nc(Nc4cnn(C5CCN(C(=O)OCc6ccccc6)CC5)c4)ncc3Cl)cc2)CC1. The molecular weight excluding hydrogens is 552 g/mol. The van der Waals surface area contributed by atoms with E-state index in [4.69, 9.17) is 16.3 Å². The minimum absolute atomic E-state index is 0.176. The fraction of sp³-hybridized carbons (Fsp3) is 0.323. The molecule has 3 heterocycles. The number of halogens is 1.